The molecule has 1 aliphatic heterocycles. The van der Waals surface area contributed by atoms with Crippen molar-refractivity contribution in [2.24, 2.45) is 5.92 Å². The number of rotatable bonds is 1. The molecule has 6 nitrogen and oxygen atoms in total. The van der Waals surface area contributed by atoms with Gasteiger partial charge in [0.05, 0.1) is 7.11 Å². The second-order valence-electron chi connectivity index (χ2n) is 2.46. The summed E-state index contributed by atoms with van der Waals surface area (Å²) < 4.78 is 4.31. The lowest BCUT2D eigenvalue weighted by Crippen LogP contribution is -2.46. The first kappa shape index (κ1) is 12.6. The number of esters is 1. The summed E-state index contributed by atoms with van der Waals surface area (Å²) in [7, 11) is 2.15. The van der Waals surface area contributed by atoms with Gasteiger partial charge in [0.15, 0.2) is 11.7 Å². The maximum Gasteiger partial charge on any atom is 0.325 e. The van der Waals surface area contributed by atoms with E-state index in [-0.39, 0.29) is 12.2 Å². The topological polar surface area (TPSA) is 92.7 Å². The maximum atomic E-state index is 11.0. The molecule has 1 rings (SSSR count). The van der Waals surface area contributed by atoms with E-state index in [1.54, 1.807) is 0 Å². The molecule has 1 saturated heterocycles. The largest absolute Gasteiger partial charge is 0.468 e. The fourth-order valence-electron chi connectivity index (χ4n) is 1.06. The number of ether oxygens (including phenoxy) is 1. The van der Waals surface area contributed by atoms with Crippen molar-refractivity contribution in [1.29, 1.82) is 0 Å². The highest BCUT2D eigenvalue weighted by molar-refractivity contribution is 6.17. The number of piperidine rings is 1. The van der Waals surface area contributed by atoms with Crippen LogP contribution in [0.3, 0.4) is 0 Å². The molecule has 6 heteroatoms. The Hall–Kier alpha value is -1.43. The molecule has 1 heterocycles. The average Bonchev–Trinajstić information content (AvgIpc) is 2.20. The SMILES string of the molecule is CO.COC(=O)C1C(=O)CCNC1=O. The number of hydrogen-bond acceptors (Lipinski definition) is 5. The second kappa shape index (κ2) is 6.09. The Labute approximate surface area is 81.2 Å². The molecule has 1 aliphatic rings. The van der Waals surface area contributed by atoms with Gasteiger partial charge < -0.3 is 15.2 Å². The number of aliphatic hydroxyl groups is 1. The normalized spacial score (nSPS) is 20.4. The fraction of sp³-hybridized carbons (Fsp3) is 0.625. The van der Waals surface area contributed by atoms with Crippen molar-refractivity contribution in [3.8, 4) is 0 Å². The third kappa shape index (κ3) is 2.81. The molecule has 0 aliphatic carbocycles. The third-order valence-corrected chi connectivity index (χ3v) is 1.69. The molecule has 0 spiro atoms. The summed E-state index contributed by atoms with van der Waals surface area (Å²) in [6.45, 7) is 0.311. The number of methoxy groups -OCH3 is 1. The highest BCUT2D eigenvalue weighted by atomic mass is 16.5. The van der Waals surface area contributed by atoms with Gasteiger partial charge in [-0.2, -0.15) is 0 Å². The zero-order valence-corrected chi connectivity index (χ0v) is 8.07. The van der Waals surface area contributed by atoms with Crippen molar-refractivity contribution in [1.82, 2.24) is 5.32 Å². The van der Waals surface area contributed by atoms with E-state index >= 15 is 0 Å². The van der Waals surface area contributed by atoms with Gasteiger partial charge in [-0.1, -0.05) is 0 Å². The molecule has 14 heavy (non-hydrogen) atoms. The van der Waals surface area contributed by atoms with Crippen molar-refractivity contribution in [2.75, 3.05) is 20.8 Å². The lowest BCUT2D eigenvalue weighted by Gasteiger charge is -2.18. The quantitative estimate of drug-likeness (QED) is 0.398. The zero-order valence-electron chi connectivity index (χ0n) is 8.07. The summed E-state index contributed by atoms with van der Waals surface area (Å²) in [5, 5.41) is 9.42. The van der Waals surface area contributed by atoms with Gasteiger partial charge in [0, 0.05) is 20.1 Å². The molecular formula is C8H13NO5. The molecule has 0 aromatic rings. The first-order valence-electron chi connectivity index (χ1n) is 4.00. The molecule has 0 aromatic heterocycles. The highest BCUT2D eigenvalue weighted by Gasteiger charge is 2.37. The lowest BCUT2D eigenvalue weighted by atomic mass is 9.97. The van der Waals surface area contributed by atoms with E-state index < -0.39 is 17.8 Å². The molecule has 1 amide bonds. The van der Waals surface area contributed by atoms with Crippen LogP contribution in [0.4, 0.5) is 0 Å². The van der Waals surface area contributed by atoms with E-state index in [0.717, 1.165) is 14.2 Å². The molecule has 0 saturated carbocycles. The summed E-state index contributed by atoms with van der Waals surface area (Å²) >= 11 is 0. The van der Waals surface area contributed by atoms with Crippen LogP contribution in [0.2, 0.25) is 0 Å². The summed E-state index contributed by atoms with van der Waals surface area (Å²) in [5.41, 5.74) is 0. The van der Waals surface area contributed by atoms with E-state index in [4.69, 9.17) is 5.11 Å². The van der Waals surface area contributed by atoms with Crippen LogP contribution in [0.25, 0.3) is 0 Å². The number of hydrogen-bond donors (Lipinski definition) is 2. The van der Waals surface area contributed by atoms with Gasteiger partial charge in [-0.15, -0.1) is 0 Å². The standard InChI is InChI=1S/C7H9NO4.CH4O/c1-12-7(11)5-4(9)2-3-8-6(5)10;1-2/h5H,2-3H2,1H3,(H,8,10);2H,1H3. The maximum absolute atomic E-state index is 11.0. The van der Waals surface area contributed by atoms with Gasteiger partial charge in [-0.05, 0) is 0 Å². The van der Waals surface area contributed by atoms with Crippen LogP contribution in [0.15, 0.2) is 0 Å². The van der Waals surface area contributed by atoms with Gasteiger partial charge in [0.25, 0.3) is 0 Å². The minimum absolute atomic E-state index is 0.200. The average molecular weight is 203 g/mol. The first-order chi connectivity index (χ1) is 6.66. The predicted molar refractivity (Wildman–Crippen MR) is 46.3 cm³/mol. The van der Waals surface area contributed by atoms with Crippen molar-refractivity contribution in [3.05, 3.63) is 0 Å². The van der Waals surface area contributed by atoms with Crippen LogP contribution in [0, 0.1) is 5.92 Å². The fourth-order valence-corrected chi connectivity index (χ4v) is 1.06. The number of Topliss-reactive ketones (excluding diaryl/α,β-unsaturated/α-hetero) is 1. The third-order valence-electron chi connectivity index (χ3n) is 1.69. The van der Waals surface area contributed by atoms with Gasteiger partial charge in [0.1, 0.15) is 0 Å². The molecule has 1 unspecified atom stereocenters. The summed E-state index contributed by atoms with van der Waals surface area (Å²) in [5.74, 6) is -2.95. The Morgan fingerprint density at radius 1 is 1.50 bits per heavy atom. The van der Waals surface area contributed by atoms with Gasteiger partial charge in [0.2, 0.25) is 5.91 Å². The Bertz CT molecular complexity index is 211. The van der Waals surface area contributed by atoms with Crippen molar-refractivity contribution >= 4 is 17.7 Å². The lowest BCUT2D eigenvalue weighted by molar-refractivity contribution is -0.154. The molecule has 0 bridgehead atoms. The van der Waals surface area contributed by atoms with E-state index in [2.05, 4.69) is 10.1 Å². The summed E-state index contributed by atoms with van der Waals surface area (Å²) in [6.07, 6.45) is 0.200. The number of carbonyl (C=O) groups is 3. The first-order valence-corrected chi connectivity index (χ1v) is 4.00. The van der Waals surface area contributed by atoms with Crippen LogP contribution in [0.5, 0.6) is 0 Å². The smallest absolute Gasteiger partial charge is 0.325 e. The minimum atomic E-state index is -1.25. The van der Waals surface area contributed by atoms with Crippen LogP contribution >= 0.6 is 0 Å². The number of aliphatic hydroxyl groups excluding tert-OH is 1. The Morgan fingerprint density at radius 2 is 2.07 bits per heavy atom. The molecule has 0 aromatic carbocycles. The Morgan fingerprint density at radius 3 is 2.50 bits per heavy atom. The van der Waals surface area contributed by atoms with Gasteiger partial charge in [-0.25, -0.2) is 0 Å². The van der Waals surface area contributed by atoms with Crippen molar-refractivity contribution in [2.45, 2.75) is 6.42 Å². The van der Waals surface area contributed by atoms with Gasteiger partial charge >= 0.3 is 5.97 Å². The van der Waals surface area contributed by atoms with Crippen LogP contribution in [0.1, 0.15) is 6.42 Å². The van der Waals surface area contributed by atoms with E-state index in [1.165, 1.54) is 0 Å². The van der Waals surface area contributed by atoms with Crippen molar-refractivity contribution in [3.63, 3.8) is 0 Å². The Kier molecular flexibility index (Phi) is 5.47. The number of ketones is 1. The molecule has 80 valence electrons. The molecule has 2 N–H and O–H groups in total. The zero-order chi connectivity index (χ0) is 11.1. The number of nitrogens with one attached hydrogen (secondary N) is 1. The number of carbonyl (C=O) groups excluding carboxylic acids is 3. The van der Waals surface area contributed by atoms with Crippen molar-refractivity contribution < 1.29 is 24.2 Å². The number of amides is 1. The summed E-state index contributed by atoms with van der Waals surface area (Å²) in [4.78, 5) is 32.9. The molecular weight excluding hydrogens is 190 g/mol. The summed E-state index contributed by atoms with van der Waals surface area (Å²) in [6, 6.07) is 0. The second-order valence-corrected chi connectivity index (χ2v) is 2.46. The molecule has 1 atom stereocenters. The van der Waals surface area contributed by atoms with E-state index in [9.17, 15) is 14.4 Å². The molecule has 1 fully saturated rings. The van der Waals surface area contributed by atoms with Crippen LogP contribution < -0.4 is 5.32 Å². The predicted octanol–water partition coefficient (Wildman–Crippen LogP) is -1.53. The van der Waals surface area contributed by atoms with E-state index in [0.29, 0.717) is 6.54 Å². The Balaban J connectivity index is 0.000000791. The van der Waals surface area contributed by atoms with Crippen LogP contribution in [-0.4, -0.2) is 43.5 Å². The minimum Gasteiger partial charge on any atom is -0.468 e. The van der Waals surface area contributed by atoms with E-state index in [1.807, 2.05) is 0 Å². The molecule has 0 radical (unpaired) electrons. The highest BCUT2D eigenvalue weighted by Crippen LogP contribution is 2.08. The van der Waals surface area contributed by atoms with Gasteiger partial charge in [-0.3, -0.25) is 14.4 Å². The monoisotopic (exact) mass is 203 g/mol. The van der Waals surface area contributed by atoms with Crippen LogP contribution in [-0.2, 0) is 19.1 Å².